The molecule has 3 aromatic rings. The Morgan fingerprint density at radius 1 is 1.08 bits per heavy atom. The van der Waals surface area contributed by atoms with Gasteiger partial charge in [-0.1, -0.05) is 49.2 Å². The van der Waals surface area contributed by atoms with E-state index in [-0.39, 0.29) is 11.8 Å². The minimum Gasteiger partial charge on any atom is -0.356 e. The Hall–Kier alpha value is -2.86. The first-order chi connectivity index (χ1) is 17.5. The second-order valence-corrected chi connectivity index (χ2v) is 10.5. The van der Waals surface area contributed by atoms with Gasteiger partial charge in [-0.3, -0.25) is 4.79 Å². The van der Waals surface area contributed by atoms with Gasteiger partial charge >= 0.3 is 0 Å². The average molecular weight is 490 g/mol. The van der Waals surface area contributed by atoms with Gasteiger partial charge < -0.3 is 19.7 Å². The number of para-hydroxylation sites is 2. The van der Waals surface area contributed by atoms with Gasteiger partial charge in [-0.05, 0) is 82.9 Å². The van der Waals surface area contributed by atoms with Crippen LogP contribution in [0.1, 0.15) is 55.7 Å². The number of benzene rings is 2. The first kappa shape index (κ1) is 26.2. The molecule has 2 aromatic carbocycles. The number of hydrogen-bond acceptors (Lipinski definition) is 4. The molecule has 1 aromatic heterocycles. The molecule has 0 atom stereocenters. The quantitative estimate of drug-likeness (QED) is 0.378. The van der Waals surface area contributed by atoms with Crippen molar-refractivity contribution < 1.29 is 4.79 Å². The van der Waals surface area contributed by atoms with Crippen LogP contribution in [-0.2, 0) is 11.3 Å². The third-order valence-corrected chi connectivity index (χ3v) is 7.53. The summed E-state index contributed by atoms with van der Waals surface area (Å²) >= 11 is 0. The first-order valence-electron chi connectivity index (χ1n) is 13.7. The Morgan fingerprint density at radius 3 is 2.61 bits per heavy atom. The zero-order valence-corrected chi connectivity index (χ0v) is 22.6. The van der Waals surface area contributed by atoms with Crippen LogP contribution < -0.4 is 10.2 Å². The van der Waals surface area contributed by atoms with Crippen molar-refractivity contribution in [3.05, 3.63) is 59.2 Å². The summed E-state index contributed by atoms with van der Waals surface area (Å²) in [4.78, 5) is 22.6. The number of nitrogens with zero attached hydrogens (tertiary/aromatic N) is 4. The fraction of sp³-hybridized carbons (Fsp3) is 0.533. The average Bonchev–Trinajstić information content (AvgIpc) is 3.25. The lowest BCUT2D eigenvalue weighted by atomic mass is 9.96. The van der Waals surface area contributed by atoms with E-state index in [1.165, 1.54) is 29.5 Å². The normalized spacial score (nSPS) is 14.6. The highest BCUT2D eigenvalue weighted by molar-refractivity contribution is 5.80. The second-order valence-electron chi connectivity index (χ2n) is 10.5. The molecule has 0 saturated carbocycles. The molecule has 6 heteroatoms. The molecule has 36 heavy (non-hydrogen) atoms. The lowest BCUT2D eigenvalue weighted by Gasteiger charge is -2.32. The molecule has 1 amide bonds. The molecule has 2 heterocycles. The highest BCUT2D eigenvalue weighted by atomic mass is 16.1. The molecule has 0 aliphatic carbocycles. The molecule has 0 spiro atoms. The summed E-state index contributed by atoms with van der Waals surface area (Å²) in [5.41, 5.74) is 6.10. The van der Waals surface area contributed by atoms with Crippen molar-refractivity contribution in [1.82, 2.24) is 19.8 Å². The van der Waals surface area contributed by atoms with E-state index in [4.69, 9.17) is 4.98 Å². The van der Waals surface area contributed by atoms with Crippen LogP contribution in [0.2, 0.25) is 0 Å². The van der Waals surface area contributed by atoms with E-state index >= 15 is 0 Å². The van der Waals surface area contributed by atoms with Gasteiger partial charge in [0, 0.05) is 25.6 Å². The first-order valence-corrected chi connectivity index (χ1v) is 13.7. The van der Waals surface area contributed by atoms with Gasteiger partial charge in [0.1, 0.15) is 0 Å². The Balaban J connectivity index is 1.37. The number of carbonyl (C=O) groups is 1. The van der Waals surface area contributed by atoms with Crippen LogP contribution in [0.3, 0.4) is 0 Å². The molecular weight excluding hydrogens is 446 g/mol. The lowest BCUT2D eigenvalue weighted by molar-refractivity contribution is -0.125. The van der Waals surface area contributed by atoms with Crippen LogP contribution in [0.15, 0.2) is 42.5 Å². The maximum Gasteiger partial charge on any atom is 0.223 e. The Bertz CT molecular complexity index is 1150. The number of imidazole rings is 1. The van der Waals surface area contributed by atoms with Crippen LogP contribution in [0.5, 0.6) is 0 Å². The molecular formula is C30H43N5O. The van der Waals surface area contributed by atoms with Crippen molar-refractivity contribution in [3.8, 4) is 0 Å². The van der Waals surface area contributed by atoms with Gasteiger partial charge in [0.2, 0.25) is 11.9 Å². The molecule has 1 fully saturated rings. The van der Waals surface area contributed by atoms with Crippen molar-refractivity contribution in [3.63, 3.8) is 0 Å². The van der Waals surface area contributed by atoms with Crippen LogP contribution in [-0.4, -0.2) is 60.1 Å². The molecule has 194 valence electrons. The van der Waals surface area contributed by atoms with Crippen molar-refractivity contribution in [1.29, 1.82) is 0 Å². The third kappa shape index (κ3) is 6.47. The van der Waals surface area contributed by atoms with Gasteiger partial charge in [0.25, 0.3) is 0 Å². The predicted molar refractivity (Wildman–Crippen MR) is 150 cm³/mol. The minimum atomic E-state index is 0.0934. The number of unbranched alkanes of at least 4 members (excludes halogenated alkanes) is 1. The SMILES string of the molecule is CCCCN(C)CCCNC(=O)C1CCN(c2nc3ccccc3n2Cc2cc(C)ccc2C)CC1. The van der Waals surface area contributed by atoms with E-state index in [2.05, 4.69) is 90.0 Å². The fourth-order valence-electron chi connectivity index (χ4n) is 5.19. The van der Waals surface area contributed by atoms with Crippen LogP contribution >= 0.6 is 0 Å². The summed E-state index contributed by atoms with van der Waals surface area (Å²) in [5.74, 6) is 1.33. The molecule has 4 rings (SSSR count). The molecule has 0 radical (unpaired) electrons. The second kappa shape index (κ2) is 12.4. The molecule has 1 saturated heterocycles. The lowest BCUT2D eigenvalue weighted by Crippen LogP contribution is -2.42. The van der Waals surface area contributed by atoms with Crippen molar-refractivity contribution in [2.45, 2.75) is 59.4 Å². The minimum absolute atomic E-state index is 0.0934. The number of piperidine rings is 1. The maximum atomic E-state index is 12.8. The van der Waals surface area contributed by atoms with Gasteiger partial charge in [0.15, 0.2) is 0 Å². The number of nitrogens with one attached hydrogen (secondary N) is 1. The van der Waals surface area contributed by atoms with Crippen molar-refractivity contribution in [2.24, 2.45) is 5.92 Å². The van der Waals surface area contributed by atoms with Gasteiger partial charge in [-0.15, -0.1) is 0 Å². The molecule has 0 bridgehead atoms. The largest absolute Gasteiger partial charge is 0.356 e. The fourth-order valence-corrected chi connectivity index (χ4v) is 5.19. The van der Waals surface area contributed by atoms with Crippen LogP contribution in [0.4, 0.5) is 5.95 Å². The molecule has 0 unspecified atom stereocenters. The number of amides is 1. The number of hydrogen-bond donors (Lipinski definition) is 1. The van der Waals surface area contributed by atoms with E-state index in [1.54, 1.807) is 0 Å². The van der Waals surface area contributed by atoms with Gasteiger partial charge in [-0.2, -0.15) is 0 Å². The highest BCUT2D eigenvalue weighted by Crippen LogP contribution is 2.28. The maximum absolute atomic E-state index is 12.8. The van der Waals surface area contributed by atoms with Crippen LogP contribution in [0, 0.1) is 19.8 Å². The zero-order valence-electron chi connectivity index (χ0n) is 22.6. The third-order valence-electron chi connectivity index (χ3n) is 7.53. The van der Waals surface area contributed by atoms with Gasteiger partial charge in [0.05, 0.1) is 17.6 Å². The number of rotatable bonds is 11. The Kier molecular flexibility index (Phi) is 9.03. The standard InChI is InChI=1S/C30H43N5O/c1-5-6-17-33(4)18-9-16-31-29(36)25-14-19-34(20-15-25)30-32-27-10-7-8-11-28(27)35(30)22-26-21-23(2)12-13-24(26)3/h7-8,10-13,21,25H,5-6,9,14-20,22H2,1-4H3,(H,31,36). The molecule has 1 N–H and O–H groups in total. The highest BCUT2D eigenvalue weighted by Gasteiger charge is 2.27. The molecule has 6 nitrogen and oxygen atoms in total. The number of carbonyl (C=O) groups excluding carboxylic acids is 1. The zero-order chi connectivity index (χ0) is 25.5. The van der Waals surface area contributed by atoms with E-state index in [0.29, 0.717) is 0 Å². The number of anilines is 1. The van der Waals surface area contributed by atoms with E-state index in [1.807, 2.05) is 0 Å². The monoisotopic (exact) mass is 489 g/mol. The molecule has 1 aliphatic heterocycles. The van der Waals surface area contributed by atoms with E-state index in [9.17, 15) is 4.79 Å². The van der Waals surface area contributed by atoms with Gasteiger partial charge in [-0.25, -0.2) is 4.98 Å². The number of aryl methyl sites for hydroxylation is 2. The Labute approximate surface area is 216 Å². The van der Waals surface area contributed by atoms with Crippen molar-refractivity contribution in [2.75, 3.05) is 44.7 Å². The summed E-state index contributed by atoms with van der Waals surface area (Å²) < 4.78 is 2.35. The number of fused-ring (bicyclic) bond motifs is 1. The number of aromatic nitrogens is 2. The van der Waals surface area contributed by atoms with E-state index < -0.39 is 0 Å². The van der Waals surface area contributed by atoms with Crippen molar-refractivity contribution >= 4 is 22.9 Å². The smallest absolute Gasteiger partial charge is 0.223 e. The topological polar surface area (TPSA) is 53.4 Å². The summed E-state index contributed by atoms with van der Waals surface area (Å²) in [6.45, 7) is 12.0. The Morgan fingerprint density at radius 2 is 1.83 bits per heavy atom. The summed E-state index contributed by atoms with van der Waals surface area (Å²) in [6, 6.07) is 15.1. The predicted octanol–water partition coefficient (Wildman–Crippen LogP) is 5.16. The summed E-state index contributed by atoms with van der Waals surface area (Å²) in [5, 5.41) is 3.19. The molecule has 1 aliphatic rings. The van der Waals surface area contributed by atoms with Crippen LogP contribution in [0.25, 0.3) is 11.0 Å². The summed E-state index contributed by atoms with van der Waals surface area (Å²) in [6.07, 6.45) is 5.21. The van der Waals surface area contributed by atoms with E-state index in [0.717, 1.165) is 75.5 Å². The summed E-state index contributed by atoms with van der Waals surface area (Å²) in [7, 11) is 2.17.